The second-order valence-corrected chi connectivity index (χ2v) is 6.24. The van der Waals surface area contributed by atoms with Gasteiger partial charge in [-0.2, -0.15) is 12.6 Å². The van der Waals surface area contributed by atoms with E-state index in [-0.39, 0.29) is 5.91 Å². The molecule has 0 aliphatic rings. The molecule has 0 saturated heterocycles. The summed E-state index contributed by atoms with van der Waals surface area (Å²) in [6, 6.07) is 0. The number of thiol groups is 1. The summed E-state index contributed by atoms with van der Waals surface area (Å²) in [5.74, 6) is 0.866. The molecule has 1 N–H and O–H groups in total. The van der Waals surface area contributed by atoms with Crippen molar-refractivity contribution in [1.82, 2.24) is 15.1 Å². The number of carbonyl (C=O) groups excluding carboxylic acids is 1. The number of amides is 1. The monoisotopic (exact) mass is 393 g/mol. The lowest BCUT2D eigenvalue weighted by atomic mass is 10.4. The second-order valence-electron chi connectivity index (χ2n) is 5.80. The average molecular weight is 394 g/mol. The molecule has 0 atom stereocenters. The molecule has 7 heteroatoms. The number of nitrogens with zero attached hydrogens (tertiary/aromatic N) is 2. The number of rotatable bonds is 17. The molecule has 0 aliphatic carbocycles. The van der Waals surface area contributed by atoms with Gasteiger partial charge in [0.25, 0.3) is 0 Å². The van der Waals surface area contributed by atoms with Gasteiger partial charge in [0.2, 0.25) is 5.91 Å². The van der Waals surface area contributed by atoms with Crippen molar-refractivity contribution in [3.8, 4) is 0 Å². The predicted octanol–water partition coefficient (Wildman–Crippen LogP) is 2.15. The molecule has 1 amide bonds. The first-order chi connectivity index (χ1) is 12.6. The summed E-state index contributed by atoms with van der Waals surface area (Å²) in [7, 11) is 2.08. The minimum atomic E-state index is 0.111. The van der Waals surface area contributed by atoms with Gasteiger partial charge in [0.15, 0.2) is 0 Å². The molecule has 0 aromatic rings. The Kier molecular flexibility index (Phi) is 24.3. The summed E-state index contributed by atoms with van der Waals surface area (Å²) in [6.45, 7) is 16.3. The molecule has 0 heterocycles. The Bertz CT molecular complexity index is 285. The highest BCUT2D eigenvalue weighted by Gasteiger charge is 2.07. The van der Waals surface area contributed by atoms with E-state index in [4.69, 9.17) is 9.47 Å². The van der Waals surface area contributed by atoms with E-state index in [1.54, 1.807) is 0 Å². The lowest BCUT2D eigenvalue weighted by Gasteiger charge is -2.25. The minimum absolute atomic E-state index is 0.111. The van der Waals surface area contributed by atoms with E-state index in [1.165, 1.54) is 0 Å². The van der Waals surface area contributed by atoms with Crippen molar-refractivity contribution in [2.75, 3.05) is 78.5 Å². The summed E-state index contributed by atoms with van der Waals surface area (Å²) < 4.78 is 11.1. The van der Waals surface area contributed by atoms with E-state index in [0.717, 1.165) is 64.7 Å². The second kappa shape index (κ2) is 22.7. The Labute approximate surface area is 167 Å². The third-order valence-corrected chi connectivity index (χ3v) is 3.81. The lowest BCUT2D eigenvalue weighted by Crippen LogP contribution is -2.39. The summed E-state index contributed by atoms with van der Waals surface area (Å²) in [6.07, 6.45) is 1.60. The molecule has 0 saturated carbocycles. The number of hydrogen-bond donors (Lipinski definition) is 2. The summed E-state index contributed by atoms with van der Waals surface area (Å²) in [5.41, 5.74) is 0. The predicted molar refractivity (Wildman–Crippen MR) is 114 cm³/mol. The highest BCUT2D eigenvalue weighted by Crippen LogP contribution is 1.93. The van der Waals surface area contributed by atoms with Gasteiger partial charge < -0.3 is 19.7 Å². The fourth-order valence-corrected chi connectivity index (χ4v) is 2.20. The van der Waals surface area contributed by atoms with Gasteiger partial charge in [0, 0.05) is 58.0 Å². The van der Waals surface area contributed by atoms with Gasteiger partial charge in [0.1, 0.15) is 0 Å². The van der Waals surface area contributed by atoms with Crippen molar-refractivity contribution in [3.05, 3.63) is 0 Å². The van der Waals surface area contributed by atoms with E-state index < -0.39 is 0 Å². The summed E-state index contributed by atoms with van der Waals surface area (Å²) >= 11 is 4.15. The fourth-order valence-electron chi connectivity index (χ4n) is 2.07. The largest absolute Gasteiger partial charge is 0.380 e. The zero-order chi connectivity index (χ0) is 20.0. The summed E-state index contributed by atoms with van der Waals surface area (Å²) in [5, 5.41) is 2.91. The normalized spacial score (nSPS) is 10.8. The van der Waals surface area contributed by atoms with Crippen molar-refractivity contribution < 1.29 is 14.3 Å². The van der Waals surface area contributed by atoms with Crippen LogP contribution in [0, 0.1) is 0 Å². The van der Waals surface area contributed by atoms with E-state index in [2.05, 4.69) is 41.7 Å². The molecule has 0 aromatic heterocycles. The van der Waals surface area contributed by atoms with Crippen molar-refractivity contribution >= 4 is 18.5 Å². The van der Waals surface area contributed by atoms with Gasteiger partial charge in [-0.25, -0.2) is 0 Å². The van der Waals surface area contributed by atoms with Crippen LogP contribution in [0.1, 0.15) is 40.5 Å². The molecular formula is C19H43N3O3S. The Morgan fingerprint density at radius 3 is 2.08 bits per heavy atom. The number of likely N-dealkylation sites (N-methyl/N-ethyl adjacent to an activating group) is 1. The number of ether oxygens (including phenoxy) is 2. The minimum Gasteiger partial charge on any atom is -0.380 e. The van der Waals surface area contributed by atoms with E-state index in [1.807, 2.05) is 20.8 Å². The quantitative estimate of drug-likeness (QED) is 0.293. The smallest absolute Gasteiger partial charge is 0.219 e. The standard InChI is InChI=1S/C17H37N3O3S.C2H6/c1-4-12-22-13-10-20(11-14-23-15-16-24)9-8-19(3)7-6-18-17(21)5-2;1-2/h24H,4-16H2,1-3H3,(H,18,21);1-2H3. The van der Waals surface area contributed by atoms with Crippen LogP contribution in [0.15, 0.2) is 0 Å². The first kappa shape index (κ1) is 27.9. The van der Waals surface area contributed by atoms with E-state index in [0.29, 0.717) is 19.6 Å². The number of nitrogens with one attached hydrogen (secondary N) is 1. The van der Waals surface area contributed by atoms with E-state index >= 15 is 0 Å². The zero-order valence-electron chi connectivity index (χ0n) is 17.8. The molecule has 0 fully saturated rings. The Hall–Kier alpha value is -0.340. The molecule has 0 rings (SSSR count). The van der Waals surface area contributed by atoms with Gasteiger partial charge in [-0.1, -0.05) is 27.7 Å². The molecule has 0 spiro atoms. The van der Waals surface area contributed by atoms with Crippen LogP contribution in [0.4, 0.5) is 0 Å². The molecule has 158 valence electrons. The van der Waals surface area contributed by atoms with Crippen molar-refractivity contribution in [2.24, 2.45) is 0 Å². The Balaban J connectivity index is 0. The summed E-state index contributed by atoms with van der Waals surface area (Å²) in [4.78, 5) is 15.8. The van der Waals surface area contributed by atoms with Crippen molar-refractivity contribution in [2.45, 2.75) is 40.5 Å². The van der Waals surface area contributed by atoms with Gasteiger partial charge in [-0.3, -0.25) is 9.69 Å². The average Bonchev–Trinajstić information content (AvgIpc) is 2.67. The van der Waals surface area contributed by atoms with Crippen molar-refractivity contribution in [1.29, 1.82) is 0 Å². The van der Waals surface area contributed by atoms with Gasteiger partial charge in [-0.15, -0.1) is 0 Å². The third-order valence-electron chi connectivity index (χ3n) is 3.62. The SMILES string of the molecule is CC.CCCOCCN(CCOCCS)CCN(C)CCNC(=O)CC. The van der Waals surface area contributed by atoms with Crippen LogP contribution in [0.3, 0.4) is 0 Å². The first-order valence-electron chi connectivity index (χ1n) is 10.1. The van der Waals surface area contributed by atoms with Gasteiger partial charge in [-0.05, 0) is 13.5 Å². The number of carbonyl (C=O) groups is 1. The Morgan fingerprint density at radius 1 is 0.923 bits per heavy atom. The molecule has 0 bridgehead atoms. The zero-order valence-corrected chi connectivity index (χ0v) is 18.7. The van der Waals surface area contributed by atoms with Crippen LogP contribution in [0.25, 0.3) is 0 Å². The maximum absolute atomic E-state index is 11.2. The molecule has 0 aliphatic heterocycles. The molecule has 26 heavy (non-hydrogen) atoms. The third kappa shape index (κ3) is 20.0. The van der Waals surface area contributed by atoms with Crippen LogP contribution >= 0.6 is 12.6 Å². The maximum Gasteiger partial charge on any atom is 0.219 e. The van der Waals surface area contributed by atoms with Crippen LogP contribution in [-0.2, 0) is 14.3 Å². The molecule has 0 aromatic carbocycles. The van der Waals surface area contributed by atoms with Crippen LogP contribution in [-0.4, -0.2) is 94.2 Å². The molecular weight excluding hydrogens is 350 g/mol. The molecule has 6 nitrogen and oxygen atoms in total. The van der Waals surface area contributed by atoms with Crippen molar-refractivity contribution in [3.63, 3.8) is 0 Å². The van der Waals surface area contributed by atoms with Gasteiger partial charge in [0.05, 0.1) is 19.8 Å². The number of hydrogen-bond acceptors (Lipinski definition) is 6. The van der Waals surface area contributed by atoms with Crippen LogP contribution < -0.4 is 5.32 Å². The topological polar surface area (TPSA) is 54.0 Å². The molecule has 0 radical (unpaired) electrons. The van der Waals surface area contributed by atoms with Crippen LogP contribution in [0.2, 0.25) is 0 Å². The van der Waals surface area contributed by atoms with Crippen LogP contribution in [0.5, 0.6) is 0 Å². The fraction of sp³-hybridized carbons (Fsp3) is 0.947. The van der Waals surface area contributed by atoms with Gasteiger partial charge >= 0.3 is 0 Å². The highest BCUT2D eigenvalue weighted by molar-refractivity contribution is 7.80. The lowest BCUT2D eigenvalue weighted by molar-refractivity contribution is -0.120. The highest BCUT2D eigenvalue weighted by atomic mass is 32.1. The maximum atomic E-state index is 11.2. The van der Waals surface area contributed by atoms with E-state index in [9.17, 15) is 4.79 Å². The first-order valence-corrected chi connectivity index (χ1v) is 10.7. The Morgan fingerprint density at radius 2 is 1.54 bits per heavy atom. The molecule has 0 unspecified atom stereocenters.